The molecule has 1 unspecified atom stereocenters. The van der Waals surface area contributed by atoms with Crippen molar-refractivity contribution in [2.75, 3.05) is 38.7 Å². The van der Waals surface area contributed by atoms with Gasteiger partial charge in [0, 0.05) is 26.3 Å². The Labute approximate surface area is 504 Å². The van der Waals surface area contributed by atoms with Crippen LogP contribution >= 0.6 is 0 Å². The highest BCUT2D eigenvalue weighted by atomic mass is 16.5. The van der Waals surface area contributed by atoms with E-state index in [1.165, 1.54) is 26.0 Å². The summed E-state index contributed by atoms with van der Waals surface area (Å²) in [4.78, 5) is 161. The highest BCUT2D eigenvalue weighted by molar-refractivity contribution is 6.00. The van der Waals surface area contributed by atoms with Gasteiger partial charge in [-0.2, -0.15) is 0 Å². The molecular weight excluding hydrogens is 1140 g/mol. The van der Waals surface area contributed by atoms with Crippen molar-refractivity contribution in [2.45, 2.75) is 153 Å². The van der Waals surface area contributed by atoms with Crippen molar-refractivity contribution in [3.05, 3.63) is 65.7 Å². The summed E-state index contributed by atoms with van der Waals surface area (Å²) in [6.45, 7) is 8.14. The first kappa shape index (κ1) is 72.6. The fraction of sp³-hybridized carbons (Fsp3) is 0.571. The van der Waals surface area contributed by atoms with E-state index in [-0.39, 0.29) is 56.3 Å². The minimum Gasteiger partial charge on any atom is -0.445 e. The second-order valence-electron chi connectivity index (χ2n) is 22.0. The molecule has 0 bridgehead atoms. The molecule has 13 atom stereocenters. The summed E-state index contributed by atoms with van der Waals surface area (Å²) in [5.41, 5.74) is 17.6. The topological polar surface area (TPSA) is 492 Å². The molecule has 3 rings (SSSR count). The van der Waals surface area contributed by atoms with Crippen LogP contribution in [0, 0.1) is 17.8 Å². The van der Waals surface area contributed by atoms with E-state index in [0.29, 0.717) is 11.3 Å². The monoisotopic (exact) mass is 1230 g/mol. The summed E-state index contributed by atoms with van der Waals surface area (Å²) >= 11 is 0. The van der Waals surface area contributed by atoms with Crippen molar-refractivity contribution < 1.29 is 77.9 Å². The van der Waals surface area contributed by atoms with E-state index in [0.717, 1.165) is 6.92 Å². The molecule has 0 aliphatic carbocycles. The molecule has 87 heavy (non-hydrogen) atoms. The molecule has 11 amide bonds. The molecule has 1 saturated heterocycles. The van der Waals surface area contributed by atoms with E-state index < -0.39 is 163 Å². The summed E-state index contributed by atoms with van der Waals surface area (Å²) in [6.07, 6.45) is -7.21. The van der Waals surface area contributed by atoms with Gasteiger partial charge in [0.15, 0.2) is 12.1 Å². The van der Waals surface area contributed by atoms with E-state index in [1.54, 1.807) is 89.2 Å². The Hall–Kier alpha value is -8.68. The van der Waals surface area contributed by atoms with Crippen molar-refractivity contribution in [1.29, 1.82) is 0 Å². The number of nitrogens with two attached hydrogens (primary N) is 3. The number of guanidine groups is 1. The number of nitrogens with one attached hydrogen (secondary N) is 10. The van der Waals surface area contributed by atoms with Crippen LogP contribution in [0.5, 0.6) is 0 Å². The molecule has 482 valence electrons. The highest BCUT2D eigenvalue weighted by Gasteiger charge is 2.42. The van der Waals surface area contributed by atoms with E-state index in [9.17, 15) is 68.4 Å². The van der Waals surface area contributed by atoms with Gasteiger partial charge in [0.25, 0.3) is 0 Å². The minimum absolute atomic E-state index is 0.0325. The maximum Gasteiger partial charge on any atom is 0.408 e. The van der Waals surface area contributed by atoms with Gasteiger partial charge in [0.05, 0.1) is 31.4 Å². The van der Waals surface area contributed by atoms with Crippen molar-refractivity contribution >= 4 is 76.8 Å². The molecule has 1 aliphatic rings. The number of anilines is 1. The zero-order valence-electron chi connectivity index (χ0n) is 50.3. The minimum atomic E-state index is -2.54. The molecule has 1 aliphatic heterocycles. The number of carbonyl (C=O) groups is 11. The summed E-state index contributed by atoms with van der Waals surface area (Å²) < 4.78 is 5.50. The zero-order chi connectivity index (χ0) is 65.4. The van der Waals surface area contributed by atoms with Crippen molar-refractivity contribution in [1.82, 2.24) is 53.2 Å². The third-order valence-corrected chi connectivity index (χ3v) is 14.0. The van der Waals surface area contributed by atoms with E-state index in [2.05, 4.69) is 52.8 Å². The van der Waals surface area contributed by atoms with E-state index in [4.69, 9.17) is 21.9 Å². The molecule has 0 radical (unpaired) electrons. The molecule has 2 aromatic carbocycles. The maximum atomic E-state index is 15.2. The van der Waals surface area contributed by atoms with Gasteiger partial charge in [-0.15, -0.1) is 0 Å². The van der Waals surface area contributed by atoms with Gasteiger partial charge in [-0.25, -0.2) is 4.79 Å². The highest BCUT2D eigenvalue weighted by Crippen LogP contribution is 2.23. The molecular formula is C56H87N15O16. The number of amides is 11. The number of ether oxygens (including phenoxy) is 1. The summed E-state index contributed by atoms with van der Waals surface area (Å²) in [5.74, 6) is -14.3. The first-order valence-electron chi connectivity index (χ1n) is 28.3. The summed E-state index contributed by atoms with van der Waals surface area (Å²) in [5, 5.41) is 67.9. The predicted molar refractivity (Wildman–Crippen MR) is 315 cm³/mol. The maximum absolute atomic E-state index is 15.2. The molecule has 0 aromatic heterocycles. The number of alkyl carbamates (subject to hydrolysis) is 1. The van der Waals surface area contributed by atoms with Gasteiger partial charge in [0.2, 0.25) is 59.1 Å². The molecule has 2 aromatic rings. The second kappa shape index (κ2) is 35.1. The first-order chi connectivity index (χ1) is 40.9. The summed E-state index contributed by atoms with van der Waals surface area (Å²) in [6, 6.07) is -2.20. The van der Waals surface area contributed by atoms with Crippen LogP contribution < -0.4 is 75.3 Å². The van der Waals surface area contributed by atoms with E-state index in [1.807, 2.05) is 5.32 Å². The third kappa shape index (κ3) is 22.9. The van der Waals surface area contributed by atoms with Crippen molar-refractivity contribution in [3.63, 3.8) is 0 Å². The number of hydrogen-bond donors (Lipinski definition) is 17. The van der Waals surface area contributed by atoms with Crippen molar-refractivity contribution in [2.24, 2.45) is 39.9 Å². The Bertz CT molecular complexity index is 2710. The first-order valence-corrected chi connectivity index (χ1v) is 28.3. The lowest BCUT2D eigenvalue weighted by Crippen LogP contribution is -2.64. The van der Waals surface area contributed by atoms with Crippen LogP contribution in [0.15, 0.2) is 59.6 Å². The molecule has 1 fully saturated rings. The van der Waals surface area contributed by atoms with Gasteiger partial charge in [-0.05, 0) is 67.2 Å². The summed E-state index contributed by atoms with van der Waals surface area (Å²) in [7, 11) is 3.43. The Morgan fingerprint density at radius 1 is 0.667 bits per heavy atom. The average molecular weight is 1230 g/mol. The number of benzene rings is 2. The van der Waals surface area contributed by atoms with Crippen LogP contribution in [0.25, 0.3) is 0 Å². The lowest BCUT2D eigenvalue weighted by atomic mass is 9.94. The normalized spacial score (nSPS) is 24.2. The van der Waals surface area contributed by atoms with Gasteiger partial charge in [-0.1, -0.05) is 90.4 Å². The molecule has 31 heteroatoms. The number of hydrogen-bond acceptors (Lipinski definition) is 18. The number of nitrogens with zero attached hydrogens (tertiary/aromatic N) is 2. The second-order valence-corrected chi connectivity index (χ2v) is 22.0. The lowest BCUT2D eigenvalue weighted by molar-refractivity contribution is -0.140. The lowest BCUT2D eigenvalue weighted by Gasteiger charge is -2.33. The number of aliphatic hydroxyl groups excluding tert-OH is 4. The average Bonchev–Trinajstić information content (AvgIpc) is 2.85. The van der Waals surface area contributed by atoms with Crippen LogP contribution in [-0.4, -0.2) is 192 Å². The van der Waals surface area contributed by atoms with Gasteiger partial charge in [-0.3, -0.25) is 52.9 Å². The fourth-order valence-corrected chi connectivity index (χ4v) is 8.74. The third-order valence-electron chi connectivity index (χ3n) is 14.0. The molecule has 0 saturated carbocycles. The molecule has 0 spiro atoms. The molecule has 1 heterocycles. The standard InChI is InChI=1S/C56H87N15O16/c1-10-29(6)38-51(82)67-39(30(7)73)50(81)61-24-37(74)65-43(45(76)46(57)77)54(85)64-36(25-72)49(80)68-40(32-18-20-33(21-19-32)71(8)9)41(70-56(86)87-26-31-15-12-11-13-16-31)52(83)69-42(44(75)28(4)5)53(84)63-35(23-27(2)3)48(79)62-34(47(78)66-38)17-14-22-60-55(58)59/h11-13,15-16,18-21,27-30,34-36,38-45,72-73,75-76H,10,14,17,22-26H2,1-9H3,(H2,57,77)(H,61,81)(H,62,79)(H,63,84)(H,64,85)(H,65,74)(H,66,78)(H,67,82)(H,68,80)(H,69,83)(H,70,86)(H4,58,59,60)/t29-,30-,34+,35-,36-,38-,39-,40?,41-,42-,43-,44+,45-/m0/s1. The zero-order valence-corrected chi connectivity index (χ0v) is 50.3. The Morgan fingerprint density at radius 3 is 1.77 bits per heavy atom. The van der Waals surface area contributed by atoms with Gasteiger partial charge < -0.3 is 100 Å². The largest absolute Gasteiger partial charge is 0.445 e. The fourth-order valence-electron chi connectivity index (χ4n) is 8.74. The van der Waals surface area contributed by atoms with Crippen molar-refractivity contribution in [3.8, 4) is 0 Å². The van der Waals surface area contributed by atoms with Crippen LogP contribution in [0.3, 0.4) is 0 Å². The Morgan fingerprint density at radius 2 is 1.22 bits per heavy atom. The van der Waals surface area contributed by atoms with Gasteiger partial charge >= 0.3 is 6.09 Å². The Kier molecular flexibility index (Phi) is 29.3. The predicted octanol–water partition coefficient (Wildman–Crippen LogP) is -4.89. The van der Waals surface area contributed by atoms with Crippen LogP contribution in [0.4, 0.5) is 10.5 Å². The quantitative estimate of drug-likeness (QED) is 0.0356. The Balaban J connectivity index is 2.38. The van der Waals surface area contributed by atoms with Gasteiger partial charge in [0.1, 0.15) is 54.9 Å². The molecule has 20 N–H and O–H groups in total. The van der Waals surface area contributed by atoms with Crippen LogP contribution in [0.1, 0.15) is 91.3 Å². The number of rotatable bonds is 19. The number of primary amides is 1. The number of carbonyl (C=O) groups excluding carboxylic acids is 11. The number of aliphatic imine (C=N–C) groups is 1. The molecule has 31 nitrogen and oxygen atoms in total. The van der Waals surface area contributed by atoms with Crippen LogP contribution in [0.2, 0.25) is 0 Å². The smallest absolute Gasteiger partial charge is 0.408 e. The SMILES string of the molecule is CC[C@H](C)[C@@H]1NC(=O)[C@@H](CCCN=C(N)N)NC(=O)[C@H](CC(C)C)NC(=O)[C@H]([C@H](O)C(C)C)NC(=O)[C@@H](NC(=O)OCc2ccccc2)C(c2ccc(N(C)C)cc2)NC(=O)[C@H](CO)NC(=O)[C@H]([C@H](O)C(N)=O)NC(=O)CNC(=O)[C@H]([C@H](C)O)NC1=O. The number of aliphatic hydroxyl groups is 4. The van der Waals surface area contributed by atoms with E-state index >= 15 is 4.79 Å². The van der Waals surface area contributed by atoms with Crippen LogP contribution in [-0.2, 0) is 59.3 Å².